The number of aromatic nitrogens is 5. The van der Waals surface area contributed by atoms with E-state index in [0.29, 0.717) is 17.1 Å². The van der Waals surface area contributed by atoms with Crippen molar-refractivity contribution in [3.8, 4) is 11.4 Å². The molecule has 0 aliphatic rings. The van der Waals surface area contributed by atoms with Crippen molar-refractivity contribution in [2.75, 3.05) is 12.4 Å². The predicted molar refractivity (Wildman–Crippen MR) is 118 cm³/mol. The smallest absolute Gasteiger partial charge is 0.291 e. The molecule has 154 valence electrons. The summed E-state index contributed by atoms with van der Waals surface area (Å²) >= 11 is 7.52. The summed E-state index contributed by atoms with van der Waals surface area (Å²) in [6.45, 7) is 3.80. The van der Waals surface area contributed by atoms with Gasteiger partial charge in [-0.05, 0) is 43.6 Å². The molecular formula is C20H19ClN6O2S. The number of nitrogens with zero attached hydrogens (tertiary/aromatic N) is 5. The number of halogens is 1. The molecule has 30 heavy (non-hydrogen) atoms. The van der Waals surface area contributed by atoms with Crippen LogP contribution in [0.25, 0.3) is 5.69 Å². The lowest BCUT2D eigenvalue weighted by atomic mass is 10.2. The van der Waals surface area contributed by atoms with Crippen LogP contribution in [0.3, 0.4) is 0 Å². The summed E-state index contributed by atoms with van der Waals surface area (Å²) < 4.78 is 12.9. The third-order valence-corrected chi connectivity index (χ3v) is 5.69. The molecule has 4 aromatic rings. The van der Waals surface area contributed by atoms with Crippen LogP contribution in [0, 0.1) is 6.92 Å². The fourth-order valence-corrected chi connectivity index (χ4v) is 3.88. The summed E-state index contributed by atoms with van der Waals surface area (Å²) in [6, 6.07) is 8.65. The van der Waals surface area contributed by atoms with Crippen molar-refractivity contribution in [1.82, 2.24) is 23.7 Å². The van der Waals surface area contributed by atoms with Gasteiger partial charge in [0.2, 0.25) is 0 Å². The number of nitrogens with one attached hydrogen (secondary N) is 1. The number of rotatable bonds is 6. The highest BCUT2D eigenvalue weighted by molar-refractivity contribution is 7.05. The van der Waals surface area contributed by atoms with E-state index in [4.69, 9.17) is 16.3 Å². The van der Waals surface area contributed by atoms with Crippen LogP contribution < -0.4 is 15.6 Å². The van der Waals surface area contributed by atoms with Gasteiger partial charge in [0.15, 0.2) is 5.15 Å². The molecule has 0 radical (unpaired) electrons. The number of anilines is 2. The quantitative estimate of drug-likeness (QED) is 0.481. The van der Waals surface area contributed by atoms with Gasteiger partial charge in [0.05, 0.1) is 30.9 Å². The molecule has 1 atom stereocenters. The highest BCUT2D eigenvalue weighted by Crippen LogP contribution is 2.28. The van der Waals surface area contributed by atoms with Gasteiger partial charge in [0.25, 0.3) is 5.56 Å². The summed E-state index contributed by atoms with van der Waals surface area (Å²) in [7, 11) is 1.60. The highest BCUT2D eigenvalue weighted by Gasteiger charge is 2.17. The van der Waals surface area contributed by atoms with Crippen LogP contribution in [0.4, 0.5) is 11.4 Å². The molecule has 3 heterocycles. The number of ether oxygens (including phenoxy) is 1. The minimum atomic E-state index is -0.286. The summed E-state index contributed by atoms with van der Waals surface area (Å²) in [6.07, 6.45) is 5.33. The zero-order chi connectivity index (χ0) is 21.3. The summed E-state index contributed by atoms with van der Waals surface area (Å²) in [4.78, 5) is 18.2. The van der Waals surface area contributed by atoms with Crippen LogP contribution in [-0.4, -0.2) is 30.8 Å². The van der Waals surface area contributed by atoms with Crippen molar-refractivity contribution in [3.63, 3.8) is 0 Å². The molecule has 1 N–H and O–H groups in total. The molecule has 10 heteroatoms. The average Bonchev–Trinajstić information content (AvgIpc) is 3.42. The number of benzene rings is 1. The molecule has 0 saturated heterocycles. The molecule has 0 saturated carbocycles. The van der Waals surface area contributed by atoms with E-state index in [2.05, 4.69) is 19.8 Å². The second kappa shape index (κ2) is 8.29. The lowest BCUT2D eigenvalue weighted by molar-refractivity contribution is 0.413. The third kappa shape index (κ3) is 3.94. The van der Waals surface area contributed by atoms with Crippen molar-refractivity contribution in [2.24, 2.45) is 0 Å². The molecule has 0 amide bonds. The van der Waals surface area contributed by atoms with E-state index in [9.17, 15) is 4.79 Å². The minimum absolute atomic E-state index is 0.214. The van der Waals surface area contributed by atoms with Crippen molar-refractivity contribution < 1.29 is 4.74 Å². The Morgan fingerprint density at radius 1 is 1.27 bits per heavy atom. The van der Waals surface area contributed by atoms with Crippen molar-refractivity contribution >= 4 is 34.5 Å². The van der Waals surface area contributed by atoms with Gasteiger partial charge in [-0.3, -0.25) is 4.79 Å². The van der Waals surface area contributed by atoms with Gasteiger partial charge in [-0.2, -0.15) is 5.10 Å². The molecule has 0 spiro atoms. The van der Waals surface area contributed by atoms with E-state index in [0.717, 1.165) is 16.3 Å². The van der Waals surface area contributed by atoms with Crippen molar-refractivity contribution in [1.29, 1.82) is 0 Å². The Kier molecular flexibility index (Phi) is 5.56. The normalized spacial score (nSPS) is 12.0. The number of aryl methyl sites for hydroxylation is 1. The molecule has 1 aromatic carbocycles. The number of hydrogen-bond acceptors (Lipinski definition) is 7. The minimum Gasteiger partial charge on any atom is -0.494 e. The lowest BCUT2D eigenvalue weighted by Gasteiger charge is -2.15. The molecule has 4 rings (SSSR count). The third-order valence-electron chi connectivity index (χ3n) is 4.59. The van der Waals surface area contributed by atoms with E-state index >= 15 is 0 Å². The van der Waals surface area contributed by atoms with Crippen LogP contribution in [-0.2, 0) is 0 Å². The Bertz CT molecular complexity index is 1230. The zero-order valence-corrected chi connectivity index (χ0v) is 18.1. The SMILES string of the molecule is COc1cc(Nc2cc(Cl)nn([C@@H](C)c3ccns3)c2=O)ccc1-n1cnc(C)c1. The van der Waals surface area contributed by atoms with Crippen molar-refractivity contribution in [2.45, 2.75) is 19.9 Å². The Hall–Kier alpha value is -3.17. The van der Waals surface area contributed by atoms with Crippen LogP contribution in [0.1, 0.15) is 23.5 Å². The summed E-state index contributed by atoms with van der Waals surface area (Å²) in [5, 5.41) is 7.55. The first-order valence-electron chi connectivity index (χ1n) is 9.12. The molecule has 0 aliphatic heterocycles. The molecule has 0 fully saturated rings. The number of methoxy groups -OCH3 is 1. The van der Waals surface area contributed by atoms with Crippen LogP contribution in [0.5, 0.6) is 5.75 Å². The van der Waals surface area contributed by atoms with E-state index in [1.807, 2.05) is 48.9 Å². The van der Waals surface area contributed by atoms with Gasteiger partial charge in [-0.25, -0.2) is 14.0 Å². The summed E-state index contributed by atoms with van der Waals surface area (Å²) in [5.74, 6) is 0.635. The predicted octanol–water partition coefficient (Wildman–Crippen LogP) is 4.21. The van der Waals surface area contributed by atoms with E-state index in [-0.39, 0.29) is 16.8 Å². The first kappa shape index (κ1) is 20.1. The first-order valence-corrected chi connectivity index (χ1v) is 10.3. The maximum atomic E-state index is 13.0. The van der Waals surface area contributed by atoms with Crippen LogP contribution >= 0.6 is 23.1 Å². The maximum absolute atomic E-state index is 13.0. The monoisotopic (exact) mass is 442 g/mol. The Morgan fingerprint density at radius 2 is 2.10 bits per heavy atom. The average molecular weight is 443 g/mol. The standard InChI is InChI=1S/C20H19ClN6O2S/c1-12-10-26(11-22-12)16-5-4-14(8-17(16)29-3)24-15-9-19(21)25-27(20(15)28)13(2)18-6-7-23-30-18/h4-11,13,24H,1-3H3/t13-/m0/s1. The van der Waals surface area contributed by atoms with Gasteiger partial charge < -0.3 is 14.6 Å². The Balaban J connectivity index is 1.68. The summed E-state index contributed by atoms with van der Waals surface area (Å²) in [5.41, 5.74) is 2.46. The number of hydrogen-bond donors (Lipinski definition) is 1. The fraction of sp³-hybridized carbons (Fsp3) is 0.200. The second-order valence-electron chi connectivity index (χ2n) is 6.66. The topological polar surface area (TPSA) is 86.9 Å². The van der Waals surface area contributed by atoms with Gasteiger partial charge in [0.1, 0.15) is 11.4 Å². The highest BCUT2D eigenvalue weighted by atomic mass is 35.5. The zero-order valence-electron chi connectivity index (χ0n) is 16.5. The largest absolute Gasteiger partial charge is 0.494 e. The van der Waals surface area contributed by atoms with Crippen molar-refractivity contribution in [3.05, 3.63) is 75.1 Å². The van der Waals surface area contributed by atoms with Gasteiger partial charge in [0, 0.05) is 35.1 Å². The van der Waals surface area contributed by atoms with Crippen LogP contribution in [0.2, 0.25) is 5.15 Å². The van der Waals surface area contributed by atoms with Gasteiger partial charge >= 0.3 is 0 Å². The molecular weight excluding hydrogens is 424 g/mol. The van der Waals surface area contributed by atoms with E-state index < -0.39 is 0 Å². The van der Waals surface area contributed by atoms with Crippen LogP contribution in [0.15, 0.2) is 53.8 Å². The van der Waals surface area contributed by atoms with Gasteiger partial charge in [-0.1, -0.05) is 11.6 Å². The maximum Gasteiger partial charge on any atom is 0.291 e. The Labute approximate surface area is 181 Å². The molecule has 0 bridgehead atoms. The fourth-order valence-electron chi connectivity index (χ4n) is 3.07. The van der Waals surface area contributed by atoms with Gasteiger partial charge in [-0.15, -0.1) is 0 Å². The molecule has 3 aromatic heterocycles. The second-order valence-corrected chi connectivity index (χ2v) is 7.91. The molecule has 8 nitrogen and oxygen atoms in total. The number of imidazole rings is 1. The Morgan fingerprint density at radius 3 is 2.77 bits per heavy atom. The lowest BCUT2D eigenvalue weighted by Crippen LogP contribution is -2.28. The van der Waals surface area contributed by atoms with E-state index in [1.165, 1.54) is 22.3 Å². The molecule has 0 aliphatic carbocycles. The first-order chi connectivity index (χ1) is 14.5. The van der Waals surface area contributed by atoms with E-state index in [1.54, 1.807) is 19.6 Å². The molecule has 0 unspecified atom stereocenters.